The first-order valence-electron chi connectivity index (χ1n) is 11.9. The highest BCUT2D eigenvalue weighted by atomic mass is 32.2. The van der Waals surface area contributed by atoms with Crippen molar-refractivity contribution in [3.63, 3.8) is 0 Å². The van der Waals surface area contributed by atoms with Gasteiger partial charge in [0.15, 0.2) is 5.54 Å². The monoisotopic (exact) mass is 493 g/mol. The molecule has 182 valence electrons. The molecule has 1 amide bonds. The van der Waals surface area contributed by atoms with Crippen LogP contribution in [0.2, 0.25) is 0 Å². The van der Waals surface area contributed by atoms with Gasteiger partial charge in [0, 0.05) is 43.6 Å². The lowest BCUT2D eigenvalue weighted by molar-refractivity contribution is -0.131. The fraction of sp³-hybridized carbons (Fsp3) is 0.385. The Morgan fingerprint density at radius 2 is 1.86 bits per heavy atom. The Morgan fingerprint density at radius 3 is 2.57 bits per heavy atom. The number of rotatable bonds is 5. The summed E-state index contributed by atoms with van der Waals surface area (Å²) in [5.41, 5.74) is 3.00. The molecule has 1 aromatic heterocycles. The maximum atomic E-state index is 13.6. The van der Waals surface area contributed by atoms with Crippen molar-refractivity contribution in [2.75, 3.05) is 39.1 Å². The molecule has 2 saturated heterocycles. The molecular formula is C26H27N3O5S. The van der Waals surface area contributed by atoms with Crippen LogP contribution in [0.3, 0.4) is 0 Å². The van der Waals surface area contributed by atoms with Gasteiger partial charge in [-0.1, -0.05) is 30.3 Å². The first-order valence-corrected chi connectivity index (χ1v) is 13.7. The summed E-state index contributed by atoms with van der Waals surface area (Å²) in [6, 6.07) is 16.1. The summed E-state index contributed by atoms with van der Waals surface area (Å²) < 4.78 is 36.5. The predicted molar refractivity (Wildman–Crippen MR) is 133 cm³/mol. The van der Waals surface area contributed by atoms with Gasteiger partial charge in [-0.05, 0) is 41.7 Å². The van der Waals surface area contributed by atoms with Gasteiger partial charge in [0.05, 0.1) is 19.1 Å². The van der Waals surface area contributed by atoms with E-state index in [-0.39, 0.29) is 18.4 Å². The Hall–Kier alpha value is -3.01. The molecule has 2 atom stereocenters. The number of amides is 1. The van der Waals surface area contributed by atoms with Crippen molar-refractivity contribution in [3.05, 3.63) is 60.4 Å². The quantitative estimate of drug-likeness (QED) is 0.545. The van der Waals surface area contributed by atoms with Crippen LogP contribution in [-0.4, -0.2) is 74.0 Å². The number of furan rings is 1. The van der Waals surface area contributed by atoms with Crippen molar-refractivity contribution in [2.45, 2.75) is 18.4 Å². The number of sulfonamides is 1. The van der Waals surface area contributed by atoms with Crippen molar-refractivity contribution in [2.24, 2.45) is 10.9 Å². The number of hydrogen-bond acceptors (Lipinski definition) is 6. The predicted octanol–water partition coefficient (Wildman–Crippen LogP) is 3.13. The van der Waals surface area contributed by atoms with E-state index in [9.17, 15) is 13.2 Å². The zero-order valence-electron chi connectivity index (χ0n) is 19.5. The zero-order valence-corrected chi connectivity index (χ0v) is 20.3. The van der Waals surface area contributed by atoms with Crippen LogP contribution in [0.5, 0.6) is 0 Å². The van der Waals surface area contributed by atoms with E-state index in [1.807, 2.05) is 42.5 Å². The average molecular weight is 494 g/mol. The lowest BCUT2D eigenvalue weighted by atomic mass is 9.98. The van der Waals surface area contributed by atoms with E-state index in [0.29, 0.717) is 38.5 Å². The molecule has 35 heavy (non-hydrogen) atoms. The van der Waals surface area contributed by atoms with Crippen LogP contribution < -0.4 is 0 Å². The number of carbonyl (C=O) groups is 1. The van der Waals surface area contributed by atoms with Crippen molar-refractivity contribution in [1.82, 2.24) is 9.21 Å². The number of amidine groups is 1. The molecule has 1 spiro atoms. The van der Waals surface area contributed by atoms with Crippen molar-refractivity contribution in [1.29, 1.82) is 0 Å². The fourth-order valence-corrected chi connectivity index (χ4v) is 6.24. The highest BCUT2D eigenvalue weighted by Gasteiger charge is 2.51. The lowest BCUT2D eigenvalue weighted by Gasteiger charge is -2.25. The smallest absolute Gasteiger partial charge is 0.258 e. The van der Waals surface area contributed by atoms with E-state index in [0.717, 1.165) is 34.1 Å². The molecule has 0 saturated carbocycles. The molecule has 2 unspecified atom stereocenters. The van der Waals surface area contributed by atoms with Crippen molar-refractivity contribution < 1.29 is 22.4 Å². The van der Waals surface area contributed by atoms with Crippen LogP contribution in [0, 0.1) is 5.92 Å². The Morgan fingerprint density at radius 1 is 1.09 bits per heavy atom. The number of benzene rings is 2. The lowest BCUT2D eigenvalue weighted by Crippen LogP contribution is -2.45. The van der Waals surface area contributed by atoms with E-state index < -0.39 is 15.6 Å². The number of ether oxygens (including phenoxy) is 1. The maximum absolute atomic E-state index is 13.6. The molecule has 0 N–H and O–H groups in total. The molecule has 0 radical (unpaired) electrons. The first kappa shape index (κ1) is 22.5. The van der Waals surface area contributed by atoms with Gasteiger partial charge in [0.25, 0.3) is 5.91 Å². The fourth-order valence-electron chi connectivity index (χ4n) is 5.32. The molecule has 4 heterocycles. The molecule has 8 nitrogen and oxygen atoms in total. The van der Waals surface area contributed by atoms with Gasteiger partial charge in [-0.3, -0.25) is 9.69 Å². The summed E-state index contributed by atoms with van der Waals surface area (Å²) in [7, 11) is -3.24. The normalized spacial score (nSPS) is 25.3. The zero-order chi connectivity index (χ0) is 24.2. The van der Waals surface area contributed by atoms with Crippen LogP contribution in [0.4, 0.5) is 0 Å². The van der Waals surface area contributed by atoms with E-state index in [2.05, 4.69) is 6.07 Å². The third-order valence-electron chi connectivity index (χ3n) is 7.31. The standard InChI is InChI=1S/C26H27N3O5S/c1-35(31,32)28-11-8-18(15-28)16-29-24(27-26(25(29)30)10-13-33-17-26)20-4-2-19(3-5-20)21-6-7-23-22(14-21)9-12-34-23/h2-7,9,12,14,18H,8,10-11,13,15-17H2,1H3. The van der Waals surface area contributed by atoms with Gasteiger partial charge in [-0.15, -0.1) is 0 Å². The number of carbonyl (C=O) groups excluding carboxylic acids is 1. The molecule has 0 aliphatic carbocycles. The summed E-state index contributed by atoms with van der Waals surface area (Å²) in [6.45, 7) is 2.16. The second-order valence-corrected chi connectivity index (χ2v) is 11.7. The van der Waals surface area contributed by atoms with Crippen LogP contribution in [0.15, 0.2) is 64.2 Å². The number of aliphatic imine (C=N–C) groups is 1. The van der Waals surface area contributed by atoms with Gasteiger partial charge in [-0.2, -0.15) is 0 Å². The Kier molecular flexibility index (Phi) is 5.32. The molecule has 2 fully saturated rings. The molecular weight excluding hydrogens is 466 g/mol. The Bertz CT molecular complexity index is 1420. The molecule has 3 aliphatic heterocycles. The number of hydrogen-bond donors (Lipinski definition) is 0. The highest BCUT2D eigenvalue weighted by molar-refractivity contribution is 7.88. The van der Waals surface area contributed by atoms with Gasteiger partial charge in [0.1, 0.15) is 11.4 Å². The summed E-state index contributed by atoms with van der Waals surface area (Å²) in [6.07, 6.45) is 4.21. The van der Waals surface area contributed by atoms with Crippen LogP contribution in [-0.2, 0) is 19.6 Å². The highest BCUT2D eigenvalue weighted by Crippen LogP contribution is 2.35. The second-order valence-electron chi connectivity index (χ2n) is 9.71. The SMILES string of the molecule is CS(=O)(=O)N1CCC(CN2C(=O)C3(CCOC3)N=C2c2ccc(-c3ccc4occc4c3)cc2)C1. The minimum absolute atomic E-state index is 0.0442. The van der Waals surface area contributed by atoms with Gasteiger partial charge >= 0.3 is 0 Å². The van der Waals surface area contributed by atoms with E-state index in [1.165, 1.54) is 10.6 Å². The van der Waals surface area contributed by atoms with Crippen LogP contribution in [0.1, 0.15) is 18.4 Å². The van der Waals surface area contributed by atoms with Crippen LogP contribution >= 0.6 is 0 Å². The third-order valence-corrected chi connectivity index (χ3v) is 8.58. The Labute approximate surface area is 204 Å². The first-order chi connectivity index (χ1) is 16.8. The van der Waals surface area contributed by atoms with Crippen molar-refractivity contribution in [3.8, 4) is 11.1 Å². The molecule has 3 aromatic rings. The van der Waals surface area contributed by atoms with Gasteiger partial charge in [-0.25, -0.2) is 17.7 Å². The van der Waals surface area contributed by atoms with Crippen LogP contribution in [0.25, 0.3) is 22.1 Å². The molecule has 2 aromatic carbocycles. The summed E-state index contributed by atoms with van der Waals surface area (Å²) >= 11 is 0. The second kappa shape index (κ2) is 8.29. The topological polar surface area (TPSA) is 92.4 Å². The molecule has 6 rings (SSSR count). The summed E-state index contributed by atoms with van der Waals surface area (Å²) in [5, 5.41) is 1.05. The molecule has 3 aliphatic rings. The van der Waals surface area contributed by atoms with E-state index in [1.54, 1.807) is 11.2 Å². The minimum atomic E-state index is -3.24. The van der Waals surface area contributed by atoms with E-state index in [4.69, 9.17) is 14.1 Å². The minimum Gasteiger partial charge on any atom is -0.464 e. The Balaban J connectivity index is 1.29. The number of fused-ring (bicyclic) bond motifs is 1. The van der Waals surface area contributed by atoms with Crippen molar-refractivity contribution >= 4 is 32.7 Å². The van der Waals surface area contributed by atoms with E-state index >= 15 is 0 Å². The summed E-state index contributed by atoms with van der Waals surface area (Å²) in [4.78, 5) is 20.2. The average Bonchev–Trinajstić information content (AvgIpc) is 3.64. The van der Waals surface area contributed by atoms with Gasteiger partial charge < -0.3 is 9.15 Å². The largest absolute Gasteiger partial charge is 0.464 e. The summed E-state index contributed by atoms with van der Waals surface area (Å²) in [5.74, 6) is 0.671. The number of nitrogens with zero attached hydrogens (tertiary/aromatic N) is 3. The molecule has 9 heteroatoms. The van der Waals surface area contributed by atoms with Gasteiger partial charge in [0.2, 0.25) is 10.0 Å². The molecule has 0 bridgehead atoms. The third kappa shape index (κ3) is 3.97. The maximum Gasteiger partial charge on any atom is 0.258 e.